The maximum atomic E-state index is 12.7. The average molecular weight is 396 g/mol. The van der Waals surface area contributed by atoms with Crippen LogP contribution in [0.1, 0.15) is 51.0 Å². The van der Waals surface area contributed by atoms with E-state index in [1.54, 1.807) is 6.20 Å². The number of benzene rings is 1. The lowest BCUT2D eigenvalue weighted by molar-refractivity contribution is -0.122. The molecule has 29 heavy (non-hydrogen) atoms. The molecule has 2 aromatic rings. The van der Waals surface area contributed by atoms with Crippen molar-refractivity contribution in [1.82, 2.24) is 15.3 Å². The summed E-state index contributed by atoms with van der Waals surface area (Å²) in [5, 5.41) is 6.35. The summed E-state index contributed by atoms with van der Waals surface area (Å²) in [6, 6.07) is 11.8. The fourth-order valence-corrected chi connectivity index (χ4v) is 4.00. The Balaban J connectivity index is 1.68. The van der Waals surface area contributed by atoms with Crippen LogP contribution in [-0.4, -0.2) is 35.5 Å². The maximum absolute atomic E-state index is 12.7. The van der Waals surface area contributed by atoms with Crippen molar-refractivity contribution >= 4 is 17.7 Å². The van der Waals surface area contributed by atoms with Crippen molar-refractivity contribution in [3.63, 3.8) is 0 Å². The molecule has 6 heteroatoms. The van der Waals surface area contributed by atoms with Crippen LogP contribution in [0.15, 0.2) is 42.6 Å². The molecule has 1 atom stereocenters. The van der Waals surface area contributed by atoms with Gasteiger partial charge in [0.25, 0.3) is 0 Å². The van der Waals surface area contributed by atoms with Gasteiger partial charge in [-0.3, -0.25) is 4.79 Å². The highest BCUT2D eigenvalue weighted by Gasteiger charge is 2.24. The molecule has 1 aromatic carbocycles. The Labute approximate surface area is 174 Å². The molecule has 2 N–H and O–H groups in total. The Morgan fingerprint density at radius 3 is 2.66 bits per heavy atom. The van der Waals surface area contributed by atoms with E-state index in [2.05, 4.69) is 32.7 Å². The van der Waals surface area contributed by atoms with Crippen molar-refractivity contribution in [2.24, 2.45) is 5.92 Å². The molecule has 0 unspecified atom stereocenters. The molecule has 0 saturated heterocycles. The van der Waals surface area contributed by atoms with E-state index in [0.717, 1.165) is 13.0 Å². The second kappa shape index (κ2) is 10.8. The van der Waals surface area contributed by atoms with Gasteiger partial charge in [0, 0.05) is 26.3 Å². The molecule has 1 aromatic heterocycles. The van der Waals surface area contributed by atoms with Gasteiger partial charge in [0.15, 0.2) is 0 Å². The van der Waals surface area contributed by atoms with Gasteiger partial charge in [-0.2, -0.15) is 4.98 Å². The second-order valence-corrected chi connectivity index (χ2v) is 7.91. The van der Waals surface area contributed by atoms with E-state index in [9.17, 15) is 4.79 Å². The van der Waals surface area contributed by atoms with Gasteiger partial charge in [-0.05, 0) is 30.9 Å². The van der Waals surface area contributed by atoms with E-state index in [1.165, 1.54) is 37.7 Å². The summed E-state index contributed by atoms with van der Waals surface area (Å²) in [4.78, 5) is 23.8. The maximum Gasteiger partial charge on any atom is 0.242 e. The van der Waals surface area contributed by atoms with Gasteiger partial charge in [0.1, 0.15) is 11.9 Å². The number of hydrogen-bond donors (Lipinski definition) is 2. The quantitative estimate of drug-likeness (QED) is 0.672. The fourth-order valence-electron chi connectivity index (χ4n) is 4.00. The molecule has 3 rings (SSSR count). The first kappa shape index (κ1) is 21.1. The van der Waals surface area contributed by atoms with Gasteiger partial charge in [-0.1, -0.05) is 62.4 Å². The molecule has 156 valence electrons. The highest BCUT2D eigenvalue weighted by atomic mass is 16.2. The van der Waals surface area contributed by atoms with Crippen LogP contribution in [0.2, 0.25) is 0 Å². The molecule has 0 aliphatic heterocycles. The average Bonchev–Trinajstić information content (AvgIpc) is 2.75. The number of hydrogen-bond acceptors (Lipinski definition) is 5. The van der Waals surface area contributed by atoms with Crippen molar-refractivity contribution in [1.29, 1.82) is 0 Å². The highest BCUT2D eigenvalue weighted by molar-refractivity contribution is 5.84. The van der Waals surface area contributed by atoms with Crippen LogP contribution in [0.3, 0.4) is 0 Å². The first-order valence-electron chi connectivity index (χ1n) is 10.8. The fraction of sp³-hybridized carbons (Fsp3) is 0.522. The first-order valence-corrected chi connectivity index (χ1v) is 10.8. The van der Waals surface area contributed by atoms with Crippen molar-refractivity contribution in [3.8, 4) is 0 Å². The number of anilines is 2. The Morgan fingerprint density at radius 1 is 1.17 bits per heavy atom. The van der Waals surface area contributed by atoms with Crippen LogP contribution in [0, 0.1) is 5.92 Å². The molecular weight excluding hydrogens is 362 g/mol. The predicted molar refractivity (Wildman–Crippen MR) is 118 cm³/mol. The van der Waals surface area contributed by atoms with E-state index in [4.69, 9.17) is 0 Å². The number of carbonyl (C=O) groups is 1. The molecule has 1 amide bonds. The summed E-state index contributed by atoms with van der Waals surface area (Å²) in [6.45, 7) is 3.32. The molecule has 0 bridgehead atoms. The molecule has 1 saturated carbocycles. The number of rotatable bonds is 9. The van der Waals surface area contributed by atoms with Crippen LogP contribution < -0.4 is 15.5 Å². The normalized spacial score (nSPS) is 15.5. The number of nitrogens with zero attached hydrogens (tertiary/aromatic N) is 3. The Hall–Kier alpha value is -2.63. The lowest BCUT2D eigenvalue weighted by atomic mass is 9.84. The van der Waals surface area contributed by atoms with Gasteiger partial charge in [0.2, 0.25) is 11.9 Å². The second-order valence-electron chi connectivity index (χ2n) is 7.91. The number of likely N-dealkylation sites (N-methyl/N-ethyl adjacent to an activating group) is 1. The monoisotopic (exact) mass is 395 g/mol. The first-order chi connectivity index (χ1) is 14.2. The van der Waals surface area contributed by atoms with Gasteiger partial charge >= 0.3 is 0 Å². The summed E-state index contributed by atoms with van der Waals surface area (Å²) in [5.41, 5.74) is 1.20. The van der Waals surface area contributed by atoms with Crippen molar-refractivity contribution < 1.29 is 4.79 Å². The number of carbonyl (C=O) groups excluding carboxylic acids is 1. The Morgan fingerprint density at radius 2 is 1.93 bits per heavy atom. The molecule has 1 aliphatic carbocycles. The third kappa shape index (κ3) is 6.44. The van der Waals surface area contributed by atoms with Crippen LogP contribution in [0.25, 0.3) is 0 Å². The van der Waals surface area contributed by atoms with Gasteiger partial charge in [-0.25, -0.2) is 4.98 Å². The zero-order valence-electron chi connectivity index (χ0n) is 17.6. The summed E-state index contributed by atoms with van der Waals surface area (Å²) in [6.07, 6.45) is 8.90. The summed E-state index contributed by atoms with van der Waals surface area (Å²) in [5.74, 6) is 2.00. The summed E-state index contributed by atoms with van der Waals surface area (Å²) in [7, 11) is 1.98. The minimum absolute atomic E-state index is 0.0517. The summed E-state index contributed by atoms with van der Waals surface area (Å²) >= 11 is 0. The SMILES string of the molecule is CCNC(=O)[C@H](CC1CCCCC1)Nc1ccnc(N(C)Cc2ccccc2)n1. The van der Waals surface area contributed by atoms with Crippen LogP contribution in [0.4, 0.5) is 11.8 Å². The zero-order valence-corrected chi connectivity index (χ0v) is 17.6. The van der Waals surface area contributed by atoms with Gasteiger partial charge in [-0.15, -0.1) is 0 Å². The number of nitrogens with one attached hydrogen (secondary N) is 2. The zero-order chi connectivity index (χ0) is 20.5. The number of amides is 1. The lowest BCUT2D eigenvalue weighted by Gasteiger charge is -2.27. The van der Waals surface area contributed by atoms with Crippen molar-refractivity contribution in [3.05, 3.63) is 48.2 Å². The van der Waals surface area contributed by atoms with Gasteiger partial charge in [0.05, 0.1) is 0 Å². The minimum Gasteiger partial charge on any atom is -0.358 e. The third-order valence-corrected chi connectivity index (χ3v) is 5.53. The van der Waals surface area contributed by atoms with E-state index < -0.39 is 0 Å². The molecule has 1 aliphatic rings. The predicted octanol–water partition coefficient (Wildman–Crippen LogP) is 4.00. The lowest BCUT2D eigenvalue weighted by Crippen LogP contribution is -2.41. The van der Waals surface area contributed by atoms with E-state index >= 15 is 0 Å². The Kier molecular flexibility index (Phi) is 7.85. The van der Waals surface area contributed by atoms with Crippen molar-refractivity contribution in [2.75, 3.05) is 23.8 Å². The Bertz CT molecular complexity index is 761. The standard InChI is InChI=1S/C23H33N5O/c1-3-24-22(29)20(16-18-10-6-4-7-11-18)26-21-14-15-25-23(27-21)28(2)17-19-12-8-5-9-13-19/h5,8-9,12-15,18,20H,3-4,6-7,10-11,16-17H2,1-2H3,(H,24,29)(H,25,26,27)/t20-/m0/s1. The van der Waals surface area contributed by atoms with E-state index in [1.807, 2.05) is 43.1 Å². The van der Waals surface area contributed by atoms with Crippen LogP contribution >= 0.6 is 0 Å². The molecule has 6 nitrogen and oxygen atoms in total. The topological polar surface area (TPSA) is 70.2 Å². The number of aromatic nitrogens is 2. The molecule has 0 spiro atoms. The van der Waals surface area contributed by atoms with Gasteiger partial charge < -0.3 is 15.5 Å². The molecular formula is C23H33N5O. The molecule has 1 heterocycles. The van der Waals surface area contributed by atoms with Crippen molar-refractivity contribution in [2.45, 2.75) is 58.0 Å². The van der Waals surface area contributed by atoms with E-state index in [-0.39, 0.29) is 11.9 Å². The minimum atomic E-state index is -0.264. The largest absolute Gasteiger partial charge is 0.358 e. The van der Waals surface area contributed by atoms with E-state index in [0.29, 0.717) is 24.2 Å². The summed E-state index contributed by atoms with van der Waals surface area (Å²) < 4.78 is 0. The van der Waals surface area contributed by atoms with Crippen LogP contribution in [-0.2, 0) is 11.3 Å². The molecule has 0 radical (unpaired) electrons. The third-order valence-electron chi connectivity index (χ3n) is 5.53. The smallest absolute Gasteiger partial charge is 0.242 e. The highest BCUT2D eigenvalue weighted by Crippen LogP contribution is 2.28. The molecule has 1 fully saturated rings. The van der Waals surface area contributed by atoms with Crippen LogP contribution in [0.5, 0.6) is 0 Å².